The Morgan fingerprint density at radius 3 is 2.94 bits per heavy atom. The zero-order valence-corrected chi connectivity index (χ0v) is 12.0. The molecular formula is C15H16BrNO. The van der Waals surface area contributed by atoms with E-state index in [1.54, 1.807) is 6.92 Å². The van der Waals surface area contributed by atoms with Gasteiger partial charge in [-0.2, -0.15) is 0 Å². The second-order valence-corrected chi connectivity index (χ2v) is 5.30. The van der Waals surface area contributed by atoms with E-state index in [4.69, 9.17) is 0 Å². The van der Waals surface area contributed by atoms with E-state index in [2.05, 4.69) is 33.1 Å². The van der Waals surface area contributed by atoms with Gasteiger partial charge in [0.1, 0.15) is 0 Å². The van der Waals surface area contributed by atoms with Crippen LogP contribution < -0.4 is 0 Å². The van der Waals surface area contributed by atoms with Crippen molar-refractivity contribution in [3.05, 3.63) is 47.1 Å². The molecule has 0 N–H and O–H groups in total. The lowest BCUT2D eigenvalue weighted by atomic mass is 10.1. The normalized spacial score (nSPS) is 10.8. The van der Waals surface area contributed by atoms with Gasteiger partial charge >= 0.3 is 0 Å². The number of unbranched alkanes of at least 4 members (excludes halogenated alkanes) is 1. The molecule has 0 radical (unpaired) electrons. The van der Waals surface area contributed by atoms with Crippen LogP contribution in [-0.4, -0.2) is 10.4 Å². The first kappa shape index (κ1) is 13.1. The lowest BCUT2D eigenvalue weighted by molar-refractivity contribution is 0.101. The third-order valence-corrected chi connectivity index (χ3v) is 3.52. The van der Waals surface area contributed by atoms with Gasteiger partial charge in [-0.25, -0.2) is 0 Å². The van der Waals surface area contributed by atoms with Crippen molar-refractivity contribution < 1.29 is 4.79 Å². The maximum Gasteiger partial charge on any atom is 0.161 e. The molecule has 1 aromatic carbocycles. The molecule has 0 atom stereocenters. The molecule has 1 heterocycles. The molecule has 0 amide bonds. The number of benzene rings is 1. The van der Waals surface area contributed by atoms with Gasteiger partial charge in [0.25, 0.3) is 0 Å². The fourth-order valence-electron chi connectivity index (χ4n) is 2.14. The lowest BCUT2D eigenvalue weighted by Gasteiger charge is -2.03. The van der Waals surface area contributed by atoms with E-state index < -0.39 is 0 Å². The van der Waals surface area contributed by atoms with Crippen LogP contribution in [-0.2, 0) is 6.54 Å². The molecule has 0 saturated carbocycles. The highest BCUT2D eigenvalue weighted by Gasteiger charge is 2.11. The van der Waals surface area contributed by atoms with E-state index in [9.17, 15) is 4.79 Å². The van der Waals surface area contributed by atoms with Crippen molar-refractivity contribution >= 4 is 32.6 Å². The SMILES string of the molecule is C=CCCCn1cc(C(C)=O)c2cc(Br)ccc21. The van der Waals surface area contributed by atoms with Gasteiger partial charge in [-0.1, -0.05) is 22.0 Å². The molecule has 94 valence electrons. The highest BCUT2D eigenvalue weighted by atomic mass is 79.9. The van der Waals surface area contributed by atoms with Crippen LogP contribution in [0.2, 0.25) is 0 Å². The van der Waals surface area contributed by atoms with Crippen molar-refractivity contribution in [1.82, 2.24) is 4.57 Å². The smallest absolute Gasteiger partial charge is 0.161 e. The number of carbonyl (C=O) groups is 1. The van der Waals surface area contributed by atoms with Crippen molar-refractivity contribution in [3.63, 3.8) is 0 Å². The zero-order chi connectivity index (χ0) is 13.1. The highest BCUT2D eigenvalue weighted by Crippen LogP contribution is 2.26. The molecule has 0 fully saturated rings. The van der Waals surface area contributed by atoms with Crippen LogP contribution in [0.5, 0.6) is 0 Å². The van der Waals surface area contributed by atoms with Gasteiger partial charge < -0.3 is 4.57 Å². The number of hydrogen-bond acceptors (Lipinski definition) is 1. The molecule has 0 aliphatic carbocycles. The molecule has 18 heavy (non-hydrogen) atoms. The summed E-state index contributed by atoms with van der Waals surface area (Å²) in [4.78, 5) is 11.7. The van der Waals surface area contributed by atoms with E-state index >= 15 is 0 Å². The average Bonchev–Trinajstić information content (AvgIpc) is 2.68. The monoisotopic (exact) mass is 305 g/mol. The van der Waals surface area contributed by atoms with Crippen LogP contribution in [0.15, 0.2) is 41.5 Å². The van der Waals surface area contributed by atoms with Crippen molar-refractivity contribution in [1.29, 1.82) is 0 Å². The summed E-state index contributed by atoms with van der Waals surface area (Å²) in [5.41, 5.74) is 1.91. The largest absolute Gasteiger partial charge is 0.347 e. The second-order valence-electron chi connectivity index (χ2n) is 4.38. The number of carbonyl (C=O) groups excluding carboxylic acids is 1. The van der Waals surface area contributed by atoms with Gasteiger partial charge in [-0.3, -0.25) is 4.79 Å². The first-order valence-electron chi connectivity index (χ1n) is 6.03. The summed E-state index contributed by atoms with van der Waals surface area (Å²) in [5, 5.41) is 1.02. The van der Waals surface area contributed by atoms with E-state index in [1.165, 1.54) is 0 Å². The Kier molecular flexibility index (Phi) is 4.02. The number of ketones is 1. The summed E-state index contributed by atoms with van der Waals surface area (Å²) < 4.78 is 3.16. The molecule has 0 spiro atoms. The van der Waals surface area contributed by atoms with Crippen LogP contribution in [0.25, 0.3) is 10.9 Å². The Bertz CT molecular complexity index is 598. The molecule has 2 rings (SSSR count). The number of rotatable bonds is 5. The summed E-state index contributed by atoms with van der Waals surface area (Å²) in [7, 11) is 0. The molecule has 1 aromatic heterocycles. The Hall–Kier alpha value is -1.35. The van der Waals surface area contributed by atoms with Crippen LogP contribution >= 0.6 is 15.9 Å². The van der Waals surface area contributed by atoms with Gasteiger partial charge in [0.2, 0.25) is 0 Å². The zero-order valence-electron chi connectivity index (χ0n) is 10.4. The summed E-state index contributed by atoms with van der Waals surface area (Å²) in [6.07, 6.45) is 5.92. The Balaban J connectivity index is 2.47. The Labute approximate surface area is 115 Å². The minimum atomic E-state index is 0.112. The molecule has 2 aromatic rings. The van der Waals surface area contributed by atoms with Crippen LogP contribution in [0.1, 0.15) is 30.1 Å². The first-order valence-corrected chi connectivity index (χ1v) is 6.83. The number of fused-ring (bicyclic) bond motifs is 1. The molecule has 0 saturated heterocycles. The quantitative estimate of drug-likeness (QED) is 0.450. The maximum absolute atomic E-state index is 11.7. The van der Waals surface area contributed by atoms with Gasteiger partial charge in [-0.15, -0.1) is 6.58 Å². The molecule has 2 nitrogen and oxygen atoms in total. The fraction of sp³-hybridized carbons (Fsp3) is 0.267. The molecule has 0 aliphatic rings. The summed E-state index contributed by atoms with van der Waals surface area (Å²) in [5.74, 6) is 0.112. The number of Topliss-reactive ketones (excluding diaryl/α,β-unsaturated/α-hetero) is 1. The van der Waals surface area contributed by atoms with Gasteiger partial charge in [-0.05, 0) is 38.0 Å². The minimum absolute atomic E-state index is 0.112. The topological polar surface area (TPSA) is 22.0 Å². The van der Waals surface area contributed by atoms with Crippen LogP contribution in [0.3, 0.4) is 0 Å². The van der Waals surface area contributed by atoms with E-state index in [0.717, 1.165) is 40.3 Å². The highest BCUT2D eigenvalue weighted by molar-refractivity contribution is 9.10. The Morgan fingerprint density at radius 2 is 2.28 bits per heavy atom. The average molecular weight is 306 g/mol. The van der Waals surface area contributed by atoms with E-state index in [1.807, 2.05) is 24.4 Å². The minimum Gasteiger partial charge on any atom is -0.347 e. The summed E-state index contributed by atoms with van der Waals surface area (Å²) in [6.45, 7) is 6.26. The summed E-state index contributed by atoms with van der Waals surface area (Å²) in [6, 6.07) is 6.08. The number of hydrogen-bond donors (Lipinski definition) is 0. The second kappa shape index (κ2) is 5.53. The molecule has 3 heteroatoms. The predicted molar refractivity (Wildman–Crippen MR) is 79.1 cm³/mol. The number of nitrogens with zero attached hydrogens (tertiary/aromatic N) is 1. The molecule has 0 unspecified atom stereocenters. The van der Waals surface area contributed by atoms with Crippen LogP contribution in [0, 0.1) is 0 Å². The van der Waals surface area contributed by atoms with Crippen molar-refractivity contribution in [2.24, 2.45) is 0 Å². The van der Waals surface area contributed by atoms with Gasteiger partial charge in [0.05, 0.1) is 0 Å². The van der Waals surface area contributed by atoms with Crippen molar-refractivity contribution in [3.8, 4) is 0 Å². The number of aromatic nitrogens is 1. The number of allylic oxidation sites excluding steroid dienone is 1. The van der Waals surface area contributed by atoms with E-state index in [-0.39, 0.29) is 5.78 Å². The van der Waals surface area contributed by atoms with Crippen molar-refractivity contribution in [2.75, 3.05) is 0 Å². The third kappa shape index (κ3) is 2.56. The fourth-order valence-corrected chi connectivity index (χ4v) is 2.50. The molecular weight excluding hydrogens is 290 g/mol. The maximum atomic E-state index is 11.7. The lowest BCUT2D eigenvalue weighted by Crippen LogP contribution is -1.95. The van der Waals surface area contributed by atoms with E-state index in [0.29, 0.717) is 0 Å². The van der Waals surface area contributed by atoms with Gasteiger partial charge in [0, 0.05) is 33.7 Å². The van der Waals surface area contributed by atoms with Gasteiger partial charge in [0.15, 0.2) is 5.78 Å². The summed E-state index contributed by atoms with van der Waals surface area (Å²) >= 11 is 3.45. The first-order chi connectivity index (χ1) is 8.63. The third-order valence-electron chi connectivity index (χ3n) is 3.03. The van der Waals surface area contributed by atoms with Crippen LogP contribution in [0.4, 0.5) is 0 Å². The molecule has 0 bridgehead atoms. The predicted octanol–water partition coefficient (Wildman–Crippen LogP) is 4.57. The Morgan fingerprint density at radius 1 is 1.50 bits per heavy atom. The number of halogens is 1. The molecule has 0 aliphatic heterocycles. The number of aryl methyl sites for hydroxylation is 1. The van der Waals surface area contributed by atoms with Crippen molar-refractivity contribution in [2.45, 2.75) is 26.3 Å². The standard InChI is InChI=1S/C15H16BrNO/c1-3-4-5-8-17-10-14(11(2)18)13-9-12(16)6-7-15(13)17/h3,6-7,9-10H,1,4-5,8H2,2H3.